The summed E-state index contributed by atoms with van der Waals surface area (Å²) in [5, 5.41) is 0. The Labute approximate surface area is 171 Å². The molecule has 0 N–H and O–H groups in total. The quantitative estimate of drug-likeness (QED) is 0.293. The Morgan fingerprint density at radius 2 is 0.929 bits per heavy atom. The Morgan fingerprint density at radius 1 is 0.536 bits per heavy atom. The second-order valence-corrected chi connectivity index (χ2v) is 8.05. The van der Waals surface area contributed by atoms with Gasteiger partial charge in [0.05, 0.1) is 10.5 Å². The van der Waals surface area contributed by atoms with E-state index in [-0.39, 0.29) is 4.75 Å². The number of aromatic nitrogens is 1. The second-order valence-electron chi connectivity index (χ2n) is 6.74. The van der Waals surface area contributed by atoms with Crippen LogP contribution in [0.1, 0.15) is 16.7 Å². The lowest BCUT2D eigenvalue weighted by Gasteiger charge is -2.35. The molecule has 0 fully saturated rings. The standard InChI is InChI=1S/C26H24NS/c1-5-13-23(14-6-1)26(24-15-7-2-8-16-24,25-17-9-3-10-18-25)28-22-21-27-19-11-4-12-20-27/h1-20H,21-22H2/q+1. The molecular weight excluding hydrogens is 358 g/mol. The van der Waals surface area contributed by atoms with Crippen LogP contribution in [0, 0.1) is 0 Å². The fourth-order valence-electron chi connectivity index (χ4n) is 3.66. The maximum Gasteiger partial charge on any atom is 0.168 e. The van der Waals surface area contributed by atoms with Crippen molar-refractivity contribution in [1.29, 1.82) is 0 Å². The highest BCUT2D eigenvalue weighted by molar-refractivity contribution is 8.00. The van der Waals surface area contributed by atoms with Gasteiger partial charge < -0.3 is 0 Å². The lowest BCUT2D eigenvalue weighted by atomic mass is 9.84. The van der Waals surface area contributed by atoms with E-state index in [0.717, 1.165) is 12.3 Å². The topological polar surface area (TPSA) is 3.88 Å². The highest BCUT2D eigenvalue weighted by Crippen LogP contribution is 2.48. The Bertz CT molecular complexity index is 873. The Balaban J connectivity index is 1.79. The fourth-order valence-corrected chi connectivity index (χ4v) is 5.17. The number of benzene rings is 3. The summed E-state index contributed by atoms with van der Waals surface area (Å²) >= 11 is 2.00. The van der Waals surface area contributed by atoms with Crippen molar-refractivity contribution in [3.05, 3.63) is 138 Å². The van der Waals surface area contributed by atoms with Crippen molar-refractivity contribution in [1.82, 2.24) is 0 Å². The van der Waals surface area contributed by atoms with Crippen molar-refractivity contribution in [2.24, 2.45) is 0 Å². The number of pyridine rings is 1. The molecule has 1 aromatic heterocycles. The van der Waals surface area contributed by atoms with Crippen LogP contribution in [0.25, 0.3) is 0 Å². The zero-order valence-electron chi connectivity index (χ0n) is 15.8. The molecule has 0 radical (unpaired) electrons. The van der Waals surface area contributed by atoms with Gasteiger partial charge in [0.15, 0.2) is 18.9 Å². The van der Waals surface area contributed by atoms with Gasteiger partial charge in [-0.1, -0.05) is 97.1 Å². The van der Waals surface area contributed by atoms with Crippen LogP contribution in [0.2, 0.25) is 0 Å². The number of hydrogen-bond donors (Lipinski definition) is 0. The van der Waals surface area contributed by atoms with Crippen molar-refractivity contribution < 1.29 is 4.57 Å². The lowest BCUT2D eigenvalue weighted by Crippen LogP contribution is -2.35. The SMILES string of the molecule is c1ccc(C(SCC[n+]2ccccc2)(c2ccccc2)c2ccccc2)cc1. The van der Waals surface area contributed by atoms with Gasteiger partial charge in [-0.3, -0.25) is 0 Å². The smallest absolute Gasteiger partial charge is 0.168 e. The predicted molar refractivity (Wildman–Crippen MR) is 118 cm³/mol. The summed E-state index contributed by atoms with van der Waals surface area (Å²) in [6.07, 6.45) is 4.27. The van der Waals surface area contributed by atoms with Crippen LogP contribution in [-0.4, -0.2) is 5.75 Å². The Morgan fingerprint density at radius 3 is 1.36 bits per heavy atom. The van der Waals surface area contributed by atoms with Crippen molar-refractivity contribution in [3.8, 4) is 0 Å². The minimum absolute atomic E-state index is 0.237. The third-order valence-corrected chi connectivity index (χ3v) is 6.51. The summed E-state index contributed by atoms with van der Waals surface area (Å²) in [6.45, 7) is 0.972. The minimum atomic E-state index is -0.237. The van der Waals surface area contributed by atoms with Gasteiger partial charge in [0, 0.05) is 12.1 Å². The molecule has 0 saturated carbocycles. The number of thioether (sulfide) groups is 1. The average Bonchev–Trinajstić information content (AvgIpc) is 2.79. The van der Waals surface area contributed by atoms with E-state index in [4.69, 9.17) is 0 Å². The van der Waals surface area contributed by atoms with E-state index < -0.39 is 0 Å². The zero-order valence-corrected chi connectivity index (χ0v) is 16.6. The average molecular weight is 383 g/mol. The summed E-state index contributed by atoms with van der Waals surface area (Å²) < 4.78 is 2.01. The molecule has 0 aliphatic rings. The van der Waals surface area contributed by atoms with E-state index in [0.29, 0.717) is 0 Å². The molecule has 0 bridgehead atoms. The molecule has 2 heteroatoms. The van der Waals surface area contributed by atoms with Crippen molar-refractivity contribution in [3.63, 3.8) is 0 Å². The summed E-state index contributed by atoms with van der Waals surface area (Å²) in [4.78, 5) is 0. The maximum absolute atomic E-state index is 2.25. The van der Waals surface area contributed by atoms with Crippen LogP contribution in [0.15, 0.2) is 122 Å². The summed E-state index contributed by atoms with van der Waals surface area (Å²) in [6, 6.07) is 38.9. The molecule has 3 aromatic carbocycles. The predicted octanol–water partition coefficient (Wildman–Crippen LogP) is 5.70. The Kier molecular flexibility index (Phi) is 5.89. The molecule has 28 heavy (non-hydrogen) atoms. The molecule has 4 rings (SSSR count). The van der Waals surface area contributed by atoms with Crippen LogP contribution in [-0.2, 0) is 11.3 Å². The third-order valence-electron chi connectivity index (χ3n) is 4.99. The third kappa shape index (κ3) is 3.88. The minimum Gasteiger partial charge on any atom is -0.204 e. The molecule has 0 spiro atoms. The van der Waals surface area contributed by atoms with Crippen LogP contribution in [0.5, 0.6) is 0 Å². The second kappa shape index (κ2) is 8.90. The fraction of sp³-hybridized carbons (Fsp3) is 0.115. The lowest BCUT2D eigenvalue weighted by molar-refractivity contribution is -0.692. The van der Waals surface area contributed by atoms with Gasteiger partial charge in [0.2, 0.25) is 0 Å². The first kappa shape index (κ1) is 18.5. The summed E-state index contributed by atoms with van der Waals surface area (Å²) in [5.74, 6) is 1.01. The van der Waals surface area contributed by atoms with E-state index >= 15 is 0 Å². The van der Waals surface area contributed by atoms with Crippen LogP contribution in [0.4, 0.5) is 0 Å². The molecule has 1 heterocycles. The molecule has 0 saturated heterocycles. The first-order chi connectivity index (χ1) is 13.9. The molecule has 0 amide bonds. The van der Waals surface area contributed by atoms with Gasteiger partial charge in [-0.25, -0.2) is 4.57 Å². The Hall–Kier alpha value is -2.84. The molecule has 4 aromatic rings. The van der Waals surface area contributed by atoms with E-state index in [1.807, 2.05) is 11.8 Å². The maximum atomic E-state index is 2.25. The summed E-state index contributed by atoms with van der Waals surface area (Å²) in [7, 11) is 0. The van der Waals surface area contributed by atoms with E-state index in [2.05, 4.69) is 126 Å². The molecule has 0 atom stereocenters. The molecule has 0 aliphatic heterocycles. The highest BCUT2D eigenvalue weighted by Gasteiger charge is 2.36. The van der Waals surface area contributed by atoms with E-state index in [9.17, 15) is 0 Å². The number of rotatable bonds is 7. The highest BCUT2D eigenvalue weighted by atomic mass is 32.2. The van der Waals surface area contributed by atoms with Gasteiger partial charge in [-0.2, -0.15) is 0 Å². The van der Waals surface area contributed by atoms with Gasteiger partial charge in [-0.05, 0) is 16.7 Å². The molecular formula is C26H24NS+. The van der Waals surface area contributed by atoms with Gasteiger partial charge >= 0.3 is 0 Å². The van der Waals surface area contributed by atoms with Crippen LogP contribution >= 0.6 is 11.8 Å². The van der Waals surface area contributed by atoms with Gasteiger partial charge in [-0.15, -0.1) is 11.8 Å². The van der Waals surface area contributed by atoms with Crippen molar-refractivity contribution in [2.75, 3.05) is 5.75 Å². The molecule has 1 nitrogen and oxygen atoms in total. The largest absolute Gasteiger partial charge is 0.204 e. The van der Waals surface area contributed by atoms with Gasteiger partial charge in [0.25, 0.3) is 0 Å². The normalized spacial score (nSPS) is 11.3. The number of nitrogens with zero attached hydrogens (tertiary/aromatic N) is 1. The summed E-state index contributed by atoms with van der Waals surface area (Å²) in [5.41, 5.74) is 3.95. The number of hydrogen-bond acceptors (Lipinski definition) is 1. The first-order valence-corrected chi connectivity index (χ1v) is 10.6. The molecule has 0 unspecified atom stereocenters. The first-order valence-electron chi connectivity index (χ1n) is 9.64. The molecule has 138 valence electrons. The molecule has 0 aliphatic carbocycles. The zero-order chi connectivity index (χ0) is 19.1. The van der Waals surface area contributed by atoms with E-state index in [1.165, 1.54) is 16.7 Å². The van der Waals surface area contributed by atoms with Gasteiger partial charge in [0.1, 0.15) is 0 Å². The monoisotopic (exact) mass is 382 g/mol. The van der Waals surface area contributed by atoms with Crippen molar-refractivity contribution >= 4 is 11.8 Å². The number of aryl methyl sites for hydroxylation is 1. The van der Waals surface area contributed by atoms with Crippen molar-refractivity contribution in [2.45, 2.75) is 11.3 Å². The van der Waals surface area contributed by atoms with Crippen LogP contribution < -0.4 is 4.57 Å². The van der Waals surface area contributed by atoms with Crippen LogP contribution in [0.3, 0.4) is 0 Å². The van der Waals surface area contributed by atoms with E-state index in [1.54, 1.807) is 0 Å².